The van der Waals surface area contributed by atoms with Gasteiger partial charge in [-0.1, -0.05) is 19.3 Å². The van der Waals surface area contributed by atoms with E-state index in [0.29, 0.717) is 10.5 Å². The number of hydrogen-bond donors (Lipinski definition) is 1. The maximum atomic E-state index is 13.4. The molecule has 17 heavy (non-hydrogen) atoms. The predicted octanol–water partition coefficient (Wildman–Crippen LogP) is 4.97. The second-order valence-electron chi connectivity index (χ2n) is 4.96. The first-order valence-electron chi connectivity index (χ1n) is 6.38. The first-order valence-corrected chi connectivity index (χ1v) is 7.17. The normalized spacial score (nSPS) is 19.0. The van der Waals surface area contributed by atoms with E-state index in [1.165, 1.54) is 32.1 Å². The zero-order valence-corrected chi connectivity index (χ0v) is 11.8. The molecule has 2 rings (SSSR count). The van der Waals surface area contributed by atoms with E-state index < -0.39 is 0 Å². The van der Waals surface area contributed by atoms with Gasteiger partial charge in [0.25, 0.3) is 0 Å². The molecule has 1 atom stereocenters. The Bertz CT molecular complexity index is 374. The zero-order chi connectivity index (χ0) is 12.3. The standard InChI is InChI=1S/C14H19BrFN/c1-10(11-5-3-2-4-6-11)17-12-7-8-13(15)14(16)9-12/h7-11,17H,2-6H2,1H3. The maximum Gasteiger partial charge on any atom is 0.139 e. The number of anilines is 1. The van der Waals surface area contributed by atoms with Crippen molar-refractivity contribution in [1.29, 1.82) is 0 Å². The Hall–Kier alpha value is -0.570. The third-order valence-corrected chi connectivity index (χ3v) is 4.31. The van der Waals surface area contributed by atoms with Gasteiger partial charge in [-0.25, -0.2) is 4.39 Å². The zero-order valence-electron chi connectivity index (χ0n) is 10.2. The van der Waals surface area contributed by atoms with Crippen molar-refractivity contribution >= 4 is 21.6 Å². The number of nitrogens with one attached hydrogen (secondary N) is 1. The Morgan fingerprint density at radius 2 is 2.00 bits per heavy atom. The van der Waals surface area contributed by atoms with Crippen molar-refractivity contribution in [2.45, 2.75) is 45.1 Å². The molecule has 0 aromatic heterocycles. The van der Waals surface area contributed by atoms with Crippen LogP contribution in [0, 0.1) is 11.7 Å². The molecule has 0 amide bonds. The van der Waals surface area contributed by atoms with Crippen molar-refractivity contribution in [1.82, 2.24) is 0 Å². The van der Waals surface area contributed by atoms with E-state index in [1.54, 1.807) is 12.1 Å². The van der Waals surface area contributed by atoms with Gasteiger partial charge in [-0.15, -0.1) is 0 Å². The highest BCUT2D eigenvalue weighted by Crippen LogP contribution is 2.28. The Kier molecular flexibility index (Phi) is 4.43. The van der Waals surface area contributed by atoms with Crippen LogP contribution in [0.1, 0.15) is 39.0 Å². The molecule has 0 saturated heterocycles. The average Bonchev–Trinajstić information content (AvgIpc) is 2.35. The third kappa shape index (κ3) is 3.44. The Morgan fingerprint density at radius 3 is 2.65 bits per heavy atom. The lowest BCUT2D eigenvalue weighted by molar-refractivity contribution is 0.328. The molecule has 94 valence electrons. The lowest BCUT2D eigenvalue weighted by Gasteiger charge is -2.29. The smallest absolute Gasteiger partial charge is 0.139 e. The van der Waals surface area contributed by atoms with Gasteiger partial charge in [0.1, 0.15) is 5.82 Å². The molecule has 0 spiro atoms. The van der Waals surface area contributed by atoms with E-state index in [4.69, 9.17) is 0 Å². The quantitative estimate of drug-likeness (QED) is 0.831. The van der Waals surface area contributed by atoms with E-state index >= 15 is 0 Å². The third-order valence-electron chi connectivity index (χ3n) is 3.67. The second kappa shape index (κ2) is 5.85. The minimum Gasteiger partial charge on any atom is -0.382 e. The second-order valence-corrected chi connectivity index (χ2v) is 5.81. The van der Waals surface area contributed by atoms with E-state index in [-0.39, 0.29) is 5.82 Å². The predicted molar refractivity (Wildman–Crippen MR) is 73.8 cm³/mol. The lowest BCUT2D eigenvalue weighted by Crippen LogP contribution is -2.27. The number of halogens is 2. The summed E-state index contributed by atoms with van der Waals surface area (Å²) < 4.78 is 13.9. The fraction of sp³-hybridized carbons (Fsp3) is 0.571. The van der Waals surface area contributed by atoms with Gasteiger partial charge in [-0.2, -0.15) is 0 Å². The van der Waals surface area contributed by atoms with Gasteiger partial charge in [0, 0.05) is 11.7 Å². The summed E-state index contributed by atoms with van der Waals surface area (Å²) in [5.41, 5.74) is 0.878. The van der Waals surface area contributed by atoms with Gasteiger partial charge in [0.2, 0.25) is 0 Å². The first-order chi connectivity index (χ1) is 8.16. The van der Waals surface area contributed by atoms with Crippen molar-refractivity contribution in [2.24, 2.45) is 5.92 Å². The SMILES string of the molecule is CC(Nc1ccc(Br)c(F)c1)C1CCCCC1. The summed E-state index contributed by atoms with van der Waals surface area (Å²) >= 11 is 3.17. The highest BCUT2D eigenvalue weighted by atomic mass is 79.9. The highest BCUT2D eigenvalue weighted by molar-refractivity contribution is 9.10. The molecule has 1 aliphatic rings. The summed E-state index contributed by atoms with van der Waals surface area (Å²) in [4.78, 5) is 0. The molecule has 1 aromatic rings. The molecular weight excluding hydrogens is 281 g/mol. The van der Waals surface area contributed by atoms with Gasteiger partial charge in [-0.05, 0) is 59.8 Å². The fourth-order valence-corrected chi connectivity index (χ4v) is 2.85. The van der Waals surface area contributed by atoms with Crippen LogP contribution < -0.4 is 5.32 Å². The summed E-state index contributed by atoms with van der Waals surface area (Å²) in [6, 6.07) is 5.66. The van der Waals surface area contributed by atoms with Crippen molar-refractivity contribution in [3.05, 3.63) is 28.5 Å². The Morgan fingerprint density at radius 1 is 1.29 bits per heavy atom. The molecule has 0 bridgehead atoms. The van der Waals surface area contributed by atoms with Crippen LogP contribution in [0.2, 0.25) is 0 Å². The molecule has 1 saturated carbocycles. The van der Waals surface area contributed by atoms with Crippen molar-refractivity contribution in [3.63, 3.8) is 0 Å². The molecule has 1 fully saturated rings. The van der Waals surface area contributed by atoms with Crippen molar-refractivity contribution in [2.75, 3.05) is 5.32 Å². The first kappa shape index (κ1) is 12.9. The molecule has 1 aliphatic carbocycles. The van der Waals surface area contributed by atoms with E-state index in [9.17, 15) is 4.39 Å². The van der Waals surface area contributed by atoms with Crippen LogP contribution >= 0.6 is 15.9 Å². The Labute approximate surface area is 111 Å². The van der Waals surface area contributed by atoms with Gasteiger partial charge in [0.05, 0.1) is 4.47 Å². The average molecular weight is 300 g/mol. The Balaban J connectivity index is 1.96. The topological polar surface area (TPSA) is 12.0 Å². The number of rotatable bonds is 3. The van der Waals surface area contributed by atoms with Crippen LogP contribution in [-0.2, 0) is 0 Å². The van der Waals surface area contributed by atoms with Gasteiger partial charge < -0.3 is 5.32 Å². The number of hydrogen-bond acceptors (Lipinski definition) is 1. The molecule has 3 heteroatoms. The molecule has 1 unspecified atom stereocenters. The van der Waals surface area contributed by atoms with Crippen LogP contribution in [-0.4, -0.2) is 6.04 Å². The summed E-state index contributed by atoms with van der Waals surface area (Å²) in [6.07, 6.45) is 6.65. The number of benzene rings is 1. The summed E-state index contributed by atoms with van der Waals surface area (Å²) in [5, 5.41) is 3.42. The van der Waals surface area contributed by atoms with E-state index in [2.05, 4.69) is 28.2 Å². The van der Waals surface area contributed by atoms with Crippen LogP contribution in [0.5, 0.6) is 0 Å². The van der Waals surface area contributed by atoms with Crippen molar-refractivity contribution < 1.29 is 4.39 Å². The van der Waals surface area contributed by atoms with Crippen LogP contribution in [0.25, 0.3) is 0 Å². The monoisotopic (exact) mass is 299 g/mol. The van der Waals surface area contributed by atoms with E-state index in [1.807, 2.05) is 6.07 Å². The molecule has 0 heterocycles. The summed E-state index contributed by atoms with van der Waals surface area (Å²) in [5.74, 6) is 0.529. The van der Waals surface area contributed by atoms with E-state index in [0.717, 1.165) is 11.6 Å². The minimum atomic E-state index is -0.203. The molecule has 0 radical (unpaired) electrons. The molecular formula is C14H19BrFN. The van der Waals surface area contributed by atoms with Crippen LogP contribution in [0.15, 0.2) is 22.7 Å². The van der Waals surface area contributed by atoms with Gasteiger partial charge >= 0.3 is 0 Å². The molecule has 1 aromatic carbocycles. The highest BCUT2D eigenvalue weighted by Gasteiger charge is 2.19. The van der Waals surface area contributed by atoms with Crippen LogP contribution in [0.3, 0.4) is 0 Å². The summed E-state index contributed by atoms with van der Waals surface area (Å²) in [6.45, 7) is 2.20. The maximum absolute atomic E-state index is 13.4. The minimum absolute atomic E-state index is 0.203. The summed E-state index contributed by atoms with van der Waals surface area (Å²) in [7, 11) is 0. The van der Waals surface area contributed by atoms with Crippen LogP contribution in [0.4, 0.5) is 10.1 Å². The molecule has 1 N–H and O–H groups in total. The molecule has 0 aliphatic heterocycles. The molecule has 1 nitrogen and oxygen atoms in total. The fourth-order valence-electron chi connectivity index (χ4n) is 2.60. The lowest BCUT2D eigenvalue weighted by atomic mass is 9.84. The van der Waals surface area contributed by atoms with Gasteiger partial charge in [-0.3, -0.25) is 0 Å². The largest absolute Gasteiger partial charge is 0.382 e. The van der Waals surface area contributed by atoms with Gasteiger partial charge in [0.15, 0.2) is 0 Å². The van der Waals surface area contributed by atoms with Crippen molar-refractivity contribution in [3.8, 4) is 0 Å².